The van der Waals surface area contributed by atoms with Gasteiger partial charge in [0.25, 0.3) is 0 Å². The molecule has 0 amide bonds. The standard InChI is InChI=1S/C15H11BrClNO/c16-13-8-11(17)6-7-12(13)14-9-15(19-18-14)10-4-2-1-3-5-10/h1-8,15H,9H2. The van der Waals surface area contributed by atoms with E-state index in [0.29, 0.717) is 5.02 Å². The fourth-order valence-corrected chi connectivity index (χ4v) is 3.02. The van der Waals surface area contributed by atoms with E-state index in [0.717, 1.165) is 27.7 Å². The van der Waals surface area contributed by atoms with E-state index in [2.05, 4.69) is 33.2 Å². The molecule has 0 aromatic heterocycles. The lowest BCUT2D eigenvalue weighted by Gasteiger charge is -2.08. The maximum absolute atomic E-state index is 5.95. The minimum absolute atomic E-state index is 0.00113. The molecule has 0 bridgehead atoms. The van der Waals surface area contributed by atoms with Gasteiger partial charge in [0.2, 0.25) is 0 Å². The van der Waals surface area contributed by atoms with Crippen LogP contribution in [0.5, 0.6) is 0 Å². The first-order valence-corrected chi connectivity index (χ1v) is 7.14. The van der Waals surface area contributed by atoms with Crippen molar-refractivity contribution in [2.75, 3.05) is 0 Å². The summed E-state index contributed by atoms with van der Waals surface area (Å²) in [6.45, 7) is 0. The third kappa shape index (κ3) is 2.67. The largest absolute Gasteiger partial charge is 0.387 e. The van der Waals surface area contributed by atoms with Crippen LogP contribution in [0.25, 0.3) is 0 Å². The zero-order valence-corrected chi connectivity index (χ0v) is 12.4. The fraction of sp³-hybridized carbons (Fsp3) is 0.133. The second-order valence-electron chi connectivity index (χ2n) is 4.37. The minimum atomic E-state index is -0.00113. The smallest absolute Gasteiger partial charge is 0.158 e. The average Bonchev–Trinajstić information content (AvgIpc) is 2.89. The monoisotopic (exact) mass is 335 g/mol. The summed E-state index contributed by atoms with van der Waals surface area (Å²) in [6.07, 6.45) is 0.767. The normalized spacial score (nSPS) is 18.0. The van der Waals surface area contributed by atoms with Gasteiger partial charge < -0.3 is 4.84 Å². The quantitative estimate of drug-likeness (QED) is 0.759. The van der Waals surface area contributed by atoms with Gasteiger partial charge in [-0.15, -0.1) is 0 Å². The van der Waals surface area contributed by atoms with Gasteiger partial charge in [0.05, 0.1) is 5.71 Å². The highest BCUT2D eigenvalue weighted by Crippen LogP contribution is 2.32. The molecule has 0 saturated heterocycles. The predicted octanol–water partition coefficient (Wildman–Crippen LogP) is 4.97. The van der Waals surface area contributed by atoms with Gasteiger partial charge in [-0.25, -0.2) is 0 Å². The summed E-state index contributed by atoms with van der Waals surface area (Å²) < 4.78 is 0.941. The molecule has 0 fully saturated rings. The molecule has 19 heavy (non-hydrogen) atoms. The van der Waals surface area contributed by atoms with Crippen molar-refractivity contribution in [2.24, 2.45) is 5.16 Å². The Bertz CT molecular complexity index is 627. The van der Waals surface area contributed by atoms with Crippen molar-refractivity contribution >= 4 is 33.2 Å². The van der Waals surface area contributed by atoms with Crippen molar-refractivity contribution in [1.82, 2.24) is 0 Å². The summed E-state index contributed by atoms with van der Waals surface area (Å²) in [7, 11) is 0. The molecular formula is C15H11BrClNO. The maximum atomic E-state index is 5.95. The highest BCUT2D eigenvalue weighted by Gasteiger charge is 2.24. The Morgan fingerprint density at radius 1 is 1.16 bits per heavy atom. The lowest BCUT2D eigenvalue weighted by Crippen LogP contribution is -2.02. The number of benzene rings is 2. The van der Waals surface area contributed by atoms with Crippen molar-refractivity contribution < 1.29 is 4.84 Å². The molecule has 0 radical (unpaired) electrons. The second-order valence-corrected chi connectivity index (χ2v) is 5.66. The van der Waals surface area contributed by atoms with E-state index in [4.69, 9.17) is 16.4 Å². The summed E-state index contributed by atoms with van der Waals surface area (Å²) in [5, 5.41) is 4.90. The Kier molecular flexibility index (Phi) is 3.58. The van der Waals surface area contributed by atoms with Gasteiger partial charge in [-0.1, -0.05) is 69.1 Å². The minimum Gasteiger partial charge on any atom is -0.387 e. The lowest BCUT2D eigenvalue weighted by molar-refractivity contribution is 0.0857. The van der Waals surface area contributed by atoms with Crippen LogP contribution >= 0.6 is 27.5 Å². The third-order valence-electron chi connectivity index (χ3n) is 3.08. The molecule has 0 N–H and O–H groups in total. The number of nitrogens with zero attached hydrogens (tertiary/aromatic N) is 1. The molecule has 1 heterocycles. The van der Waals surface area contributed by atoms with Crippen LogP contribution in [-0.2, 0) is 4.84 Å². The van der Waals surface area contributed by atoms with E-state index < -0.39 is 0 Å². The summed E-state index contributed by atoms with van der Waals surface area (Å²) in [5.41, 5.74) is 3.12. The number of hydrogen-bond donors (Lipinski definition) is 0. The summed E-state index contributed by atoms with van der Waals surface area (Å²) >= 11 is 9.46. The van der Waals surface area contributed by atoms with Crippen molar-refractivity contribution in [1.29, 1.82) is 0 Å². The van der Waals surface area contributed by atoms with Gasteiger partial charge in [0, 0.05) is 21.5 Å². The average molecular weight is 337 g/mol. The van der Waals surface area contributed by atoms with Gasteiger partial charge in [-0.05, 0) is 17.7 Å². The van der Waals surface area contributed by atoms with Crippen LogP contribution in [0.15, 0.2) is 58.2 Å². The maximum Gasteiger partial charge on any atom is 0.158 e. The van der Waals surface area contributed by atoms with E-state index in [1.807, 2.05) is 36.4 Å². The second kappa shape index (κ2) is 5.35. The van der Waals surface area contributed by atoms with Crippen molar-refractivity contribution in [3.05, 3.63) is 69.2 Å². The molecule has 0 spiro atoms. The van der Waals surface area contributed by atoms with Crippen molar-refractivity contribution in [3.8, 4) is 0 Å². The molecule has 1 aliphatic rings. The van der Waals surface area contributed by atoms with Gasteiger partial charge in [-0.2, -0.15) is 0 Å². The van der Waals surface area contributed by atoms with E-state index in [1.165, 1.54) is 0 Å². The van der Waals surface area contributed by atoms with E-state index in [9.17, 15) is 0 Å². The number of rotatable bonds is 2. The van der Waals surface area contributed by atoms with E-state index in [-0.39, 0.29) is 6.10 Å². The molecule has 0 saturated carbocycles. The van der Waals surface area contributed by atoms with Crippen molar-refractivity contribution in [3.63, 3.8) is 0 Å². The van der Waals surface area contributed by atoms with Crippen LogP contribution < -0.4 is 0 Å². The zero-order chi connectivity index (χ0) is 13.2. The Labute approximate surface area is 125 Å². The van der Waals surface area contributed by atoms with E-state index >= 15 is 0 Å². The number of halogens is 2. The first kappa shape index (κ1) is 12.7. The highest BCUT2D eigenvalue weighted by molar-refractivity contribution is 9.10. The molecule has 1 aliphatic heterocycles. The Hall–Kier alpha value is -1.32. The van der Waals surface area contributed by atoms with Gasteiger partial charge in [0.1, 0.15) is 0 Å². The van der Waals surface area contributed by atoms with Gasteiger partial charge in [0.15, 0.2) is 6.10 Å². The Morgan fingerprint density at radius 3 is 2.68 bits per heavy atom. The first-order valence-electron chi connectivity index (χ1n) is 5.97. The Morgan fingerprint density at radius 2 is 1.95 bits per heavy atom. The molecular weight excluding hydrogens is 326 g/mol. The Balaban J connectivity index is 1.82. The van der Waals surface area contributed by atoms with Crippen LogP contribution in [0.1, 0.15) is 23.7 Å². The molecule has 0 aliphatic carbocycles. The van der Waals surface area contributed by atoms with Crippen LogP contribution in [0, 0.1) is 0 Å². The van der Waals surface area contributed by atoms with Crippen LogP contribution in [0.2, 0.25) is 5.02 Å². The molecule has 3 rings (SSSR count). The SMILES string of the molecule is Clc1ccc(C2=NOC(c3ccccc3)C2)c(Br)c1. The molecule has 2 aromatic carbocycles. The topological polar surface area (TPSA) is 21.6 Å². The zero-order valence-electron chi connectivity index (χ0n) is 10.0. The lowest BCUT2D eigenvalue weighted by atomic mass is 10.0. The van der Waals surface area contributed by atoms with Crippen LogP contribution in [0.3, 0.4) is 0 Å². The molecule has 1 atom stereocenters. The third-order valence-corrected chi connectivity index (χ3v) is 3.97. The highest BCUT2D eigenvalue weighted by atomic mass is 79.9. The molecule has 2 nitrogen and oxygen atoms in total. The molecule has 2 aromatic rings. The van der Waals surface area contributed by atoms with Crippen molar-refractivity contribution in [2.45, 2.75) is 12.5 Å². The van der Waals surface area contributed by atoms with Crippen LogP contribution in [0.4, 0.5) is 0 Å². The van der Waals surface area contributed by atoms with Gasteiger partial charge >= 0.3 is 0 Å². The summed E-state index contributed by atoms with van der Waals surface area (Å²) in [6, 6.07) is 15.8. The predicted molar refractivity (Wildman–Crippen MR) is 80.6 cm³/mol. The fourth-order valence-electron chi connectivity index (χ4n) is 2.11. The van der Waals surface area contributed by atoms with Crippen LogP contribution in [-0.4, -0.2) is 5.71 Å². The van der Waals surface area contributed by atoms with Gasteiger partial charge in [-0.3, -0.25) is 0 Å². The molecule has 1 unspecified atom stereocenters. The first-order chi connectivity index (χ1) is 9.24. The summed E-state index contributed by atoms with van der Waals surface area (Å²) in [4.78, 5) is 5.53. The summed E-state index contributed by atoms with van der Waals surface area (Å²) in [5.74, 6) is 0. The number of oxime groups is 1. The van der Waals surface area contributed by atoms with E-state index in [1.54, 1.807) is 0 Å². The molecule has 96 valence electrons. The molecule has 4 heteroatoms. The number of hydrogen-bond acceptors (Lipinski definition) is 2.